The number of aromatic hydroxyl groups is 2. The van der Waals surface area contributed by atoms with Crippen molar-refractivity contribution in [3.8, 4) is 28.7 Å². The van der Waals surface area contributed by atoms with Gasteiger partial charge in [-0.05, 0) is 52.7 Å². The van der Waals surface area contributed by atoms with E-state index < -0.39 is 5.97 Å². The van der Waals surface area contributed by atoms with Crippen LogP contribution in [0.4, 0.5) is 0 Å². The number of allylic oxidation sites excluding steroid dienone is 4. The Labute approximate surface area is 185 Å². The van der Waals surface area contributed by atoms with Crippen molar-refractivity contribution in [2.75, 3.05) is 0 Å². The second-order valence-corrected chi connectivity index (χ2v) is 7.88. The van der Waals surface area contributed by atoms with Gasteiger partial charge in [-0.3, -0.25) is 0 Å². The Kier molecular flexibility index (Phi) is 5.81. The molecule has 2 N–H and O–H groups in total. The van der Waals surface area contributed by atoms with E-state index in [4.69, 9.17) is 32.7 Å². The maximum atomic E-state index is 13.2. The number of phenols is 2. The van der Waals surface area contributed by atoms with Gasteiger partial charge < -0.3 is 19.7 Å². The average molecular weight is 449 g/mol. The molecule has 0 saturated carbocycles. The lowest BCUT2D eigenvalue weighted by Crippen LogP contribution is -2.12. The van der Waals surface area contributed by atoms with Gasteiger partial charge in [0.25, 0.3) is 0 Å². The van der Waals surface area contributed by atoms with E-state index in [-0.39, 0.29) is 49.9 Å². The van der Waals surface area contributed by atoms with Crippen molar-refractivity contribution in [1.82, 2.24) is 0 Å². The zero-order valence-corrected chi connectivity index (χ0v) is 19.0. The molecule has 0 bridgehead atoms. The molecule has 0 atom stereocenters. The molecular weight excluding hydrogens is 427 g/mol. The summed E-state index contributed by atoms with van der Waals surface area (Å²) in [6.07, 6.45) is 3.57. The number of carbonyl (C=O) groups is 1. The van der Waals surface area contributed by atoms with E-state index in [1.165, 1.54) is 0 Å². The predicted molar refractivity (Wildman–Crippen MR) is 119 cm³/mol. The summed E-state index contributed by atoms with van der Waals surface area (Å²) >= 11 is 12.8. The number of esters is 1. The molecule has 30 heavy (non-hydrogen) atoms. The molecule has 1 aliphatic heterocycles. The fourth-order valence-electron chi connectivity index (χ4n) is 3.37. The Hall–Kier alpha value is -2.63. The van der Waals surface area contributed by atoms with E-state index in [1.54, 1.807) is 46.8 Å². The third kappa shape index (κ3) is 3.13. The molecular formula is C23H22Cl2O5. The normalized spacial score (nSPS) is 13.9. The third-order valence-electron chi connectivity index (χ3n) is 5.41. The zero-order valence-electron chi connectivity index (χ0n) is 17.5. The van der Waals surface area contributed by atoms with Gasteiger partial charge in [0.05, 0.1) is 10.0 Å². The van der Waals surface area contributed by atoms with Crippen LogP contribution >= 0.6 is 23.2 Å². The average Bonchev–Trinajstić information content (AvgIpc) is 2.87. The highest BCUT2D eigenvalue weighted by Crippen LogP contribution is 2.54. The molecule has 3 rings (SSSR count). The highest BCUT2D eigenvalue weighted by Gasteiger charge is 2.35. The van der Waals surface area contributed by atoms with E-state index in [9.17, 15) is 15.0 Å². The van der Waals surface area contributed by atoms with Crippen LogP contribution in [0.3, 0.4) is 0 Å². The minimum Gasteiger partial charge on any atom is -0.506 e. The maximum Gasteiger partial charge on any atom is 0.348 e. The summed E-state index contributed by atoms with van der Waals surface area (Å²) < 4.78 is 11.9. The monoisotopic (exact) mass is 448 g/mol. The lowest BCUT2D eigenvalue weighted by atomic mass is 9.96. The molecule has 1 aliphatic rings. The molecule has 2 aromatic carbocycles. The van der Waals surface area contributed by atoms with E-state index in [0.29, 0.717) is 27.8 Å². The van der Waals surface area contributed by atoms with Gasteiger partial charge >= 0.3 is 5.97 Å². The van der Waals surface area contributed by atoms with Crippen molar-refractivity contribution in [3.05, 3.63) is 50.0 Å². The highest BCUT2D eigenvalue weighted by molar-refractivity contribution is 6.35. The van der Waals surface area contributed by atoms with Crippen LogP contribution in [0.2, 0.25) is 10.0 Å². The Morgan fingerprint density at radius 1 is 0.800 bits per heavy atom. The summed E-state index contributed by atoms with van der Waals surface area (Å²) in [6, 6.07) is 0. The van der Waals surface area contributed by atoms with Crippen molar-refractivity contribution in [2.24, 2.45) is 0 Å². The van der Waals surface area contributed by atoms with E-state index in [0.717, 1.165) is 0 Å². The van der Waals surface area contributed by atoms with Crippen molar-refractivity contribution in [1.29, 1.82) is 0 Å². The maximum absolute atomic E-state index is 13.2. The van der Waals surface area contributed by atoms with E-state index in [2.05, 4.69) is 0 Å². The minimum absolute atomic E-state index is 0.0378. The zero-order chi connectivity index (χ0) is 22.5. The van der Waals surface area contributed by atoms with Crippen LogP contribution in [-0.4, -0.2) is 16.2 Å². The molecule has 0 radical (unpaired) electrons. The largest absolute Gasteiger partial charge is 0.506 e. The van der Waals surface area contributed by atoms with Gasteiger partial charge in [0.15, 0.2) is 11.5 Å². The number of hydrogen-bond donors (Lipinski definition) is 2. The van der Waals surface area contributed by atoms with Crippen LogP contribution in [0.1, 0.15) is 60.3 Å². The molecule has 0 unspecified atom stereocenters. The summed E-state index contributed by atoms with van der Waals surface area (Å²) in [4.78, 5) is 13.2. The SMILES string of the molecule is C/C=C(\C)c1c(Cl)c(O)c(C)c2c1Oc1c(C)c(O)c(Cl)c(/C(C)=C/C)c1C(=O)O2. The van der Waals surface area contributed by atoms with Gasteiger partial charge in [-0.15, -0.1) is 0 Å². The van der Waals surface area contributed by atoms with Crippen LogP contribution in [0.5, 0.6) is 28.7 Å². The summed E-state index contributed by atoms with van der Waals surface area (Å²) in [5, 5.41) is 21.3. The molecule has 0 aliphatic carbocycles. The number of rotatable bonds is 2. The molecule has 0 aromatic heterocycles. The summed E-state index contributed by atoms with van der Waals surface area (Å²) in [7, 11) is 0. The fourth-order valence-corrected chi connectivity index (χ4v) is 4.14. The second kappa shape index (κ2) is 7.89. The van der Waals surface area contributed by atoms with Crippen molar-refractivity contribution >= 4 is 40.3 Å². The number of phenolic OH excluding ortho intramolecular Hbond substituents is 2. The molecule has 7 heteroatoms. The van der Waals surface area contributed by atoms with Gasteiger partial charge in [-0.1, -0.05) is 35.4 Å². The molecule has 1 heterocycles. The van der Waals surface area contributed by atoms with E-state index >= 15 is 0 Å². The Bertz CT molecular complexity index is 1160. The third-order valence-corrected chi connectivity index (χ3v) is 6.15. The summed E-state index contributed by atoms with van der Waals surface area (Å²) in [5.41, 5.74) is 2.76. The number of fused-ring (bicyclic) bond motifs is 2. The lowest BCUT2D eigenvalue weighted by molar-refractivity contribution is 0.0735. The highest BCUT2D eigenvalue weighted by atomic mass is 35.5. The van der Waals surface area contributed by atoms with E-state index in [1.807, 2.05) is 6.92 Å². The van der Waals surface area contributed by atoms with Crippen molar-refractivity contribution in [2.45, 2.75) is 41.5 Å². The Morgan fingerprint density at radius 3 is 1.80 bits per heavy atom. The van der Waals surface area contributed by atoms with Crippen molar-refractivity contribution < 1.29 is 24.5 Å². The van der Waals surface area contributed by atoms with Gasteiger partial charge in [-0.2, -0.15) is 0 Å². The number of carbonyl (C=O) groups excluding carboxylic acids is 1. The molecule has 0 saturated heterocycles. The molecule has 0 spiro atoms. The van der Waals surface area contributed by atoms with Crippen LogP contribution in [0, 0.1) is 13.8 Å². The Morgan fingerprint density at radius 2 is 1.27 bits per heavy atom. The number of ether oxygens (including phenoxy) is 2. The van der Waals surface area contributed by atoms with Gasteiger partial charge in [0, 0.05) is 22.3 Å². The first-order chi connectivity index (χ1) is 14.1. The van der Waals surface area contributed by atoms with Gasteiger partial charge in [0.2, 0.25) is 0 Å². The first-order valence-electron chi connectivity index (χ1n) is 9.33. The Balaban J connectivity index is 2.50. The lowest BCUT2D eigenvalue weighted by Gasteiger charge is -2.19. The first-order valence-corrected chi connectivity index (χ1v) is 10.1. The van der Waals surface area contributed by atoms with Crippen LogP contribution in [0.15, 0.2) is 12.2 Å². The smallest absolute Gasteiger partial charge is 0.348 e. The second-order valence-electron chi connectivity index (χ2n) is 7.12. The number of hydrogen-bond acceptors (Lipinski definition) is 5. The molecule has 5 nitrogen and oxygen atoms in total. The molecule has 2 aromatic rings. The quantitative estimate of drug-likeness (QED) is 0.375. The minimum atomic E-state index is -0.709. The molecule has 0 fully saturated rings. The number of benzene rings is 2. The summed E-state index contributed by atoms with van der Waals surface area (Å²) in [5.74, 6) is -0.715. The van der Waals surface area contributed by atoms with Crippen LogP contribution < -0.4 is 9.47 Å². The standard InChI is InChI=1S/C23H22Cl2O5/c1-7-9(3)13-15-20(11(5)18(26)16(13)24)29-22-14(10(4)8-2)17(25)19(27)12(6)21(22)30-23(15)28/h7-8,26-27H,1-6H3/b9-7+,10-8+. The predicted octanol–water partition coefficient (Wildman–Crippen LogP) is 7.19. The fraction of sp³-hybridized carbons (Fsp3) is 0.261. The first kappa shape index (κ1) is 22.1. The van der Waals surface area contributed by atoms with Crippen molar-refractivity contribution in [3.63, 3.8) is 0 Å². The van der Waals surface area contributed by atoms with Gasteiger partial charge in [0.1, 0.15) is 22.8 Å². The molecule has 0 amide bonds. The topological polar surface area (TPSA) is 76.0 Å². The van der Waals surface area contributed by atoms with Crippen LogP contribution in [-0.2, 0) is 0 Å². The number of halogens is 2. The van der Waals surface area contributed by atoms with Gasteiger partial charge in [-0.25, -0.2) is 4.79 Å². The summed E-state index contributed by atoms with van der Waals surface area (Å²) in [6.45, 7) is 10.4. The van der Waals surface area contributed by atoms with Crippen LogP contribution in [0.25, 0.3) is 11.1 Å². The molecule has 158 valence electrons.